The van der Waals surface area contributed by atoms with Gasteiger partial charge in [-0.05, 0) is 38.5 Å². The van der Waals surface area contributed by atoms with Gasteiger partial charge < -0.3 is 38.5 Å². The van der Waals surface area contributed by atoms with E-state index in [-0.39, 0.29) is 30.0 Å². The molecule has 2 aromatic carbocycles. The van der Waals surface area contributed by atoms with Gasteiger partial charge in [0.1, 0.15) is 42.3 Å². The van der Waals surface area contributed by atoms with Gasteiger partial charge in [0.05, 0.1) is 25.8 Å². The minimum atomic E-state index is -2.08. The van der Waals surface area contributed by atoms with E-state index in [1.54, 1.807) is 25.7 Å². The number of anilines is 1. The average Bonchev–Trinajstić information content (AvgIpc) is 3.54. The first kappa shape index (κ1) is 28.2. The van der Waals surface area contributed by atoms with Crippen molar-refractivity contribution >= 4 is 30.2 Å². The molecule has 0 aromatic heterocycles. The maximum absolute atomic E-state index is 13.2. The Labute approximate surface area is 236 Å². The highest BCUT2D eigenvalue weighted by molar-refractivity contribution is 5.96. The molecular weight excluding hydrogens is 536 g/mol. The van der Waals surface area contributed by atoms with Gasteiger partial charge in [-0.2, -0.15) is 0 Å². The third-order valence-corrected chi connectivity index (χ3v) is 7.65. The Bertz CT molecular complexity index is 1390. The van der Waals surface area contributed by atoms with Gasteiger partial charge >= 0.3 is 18.2 Å². The van der Waals surface area contributed by atoms with Crippen LogP contribution in [-0.4, -0.2) is 85.3 Å². The Kier molecular flexibility index (Phi) is 6.85. The number of hydrogen-bond donors (Lipinski definition) is 1. The second kappa shape index (κ2) is 9.95. The van der Waals surface area contributed by atoms with Gasteiger partial charge in [0.15, 0.2) is 5.72 Å². The summed E-state index contributed by atoms with van der Waals surface area (Å²) in [5.74, 6) is -0.550. The van der Waals surface area contributed by atoms with Gasteiger partial charge in [0.25, 0.3) is 0 Å². The van der Waals surface area contributed by atoms with Crippen LogP contribution in [0, 0.1) is 0 Å². The molecule has 2 aromatic rings. The summed E-state index contributed by atoms with van der Waals surface area (Å²) in [4.78, 5) is 53.9. The molecule has 3 aliphatic heterocycles. The van der Waals surface area contributed by atoms with Crippen molar-refractivity contribution in [2.45, 2.75) is 56.2 Å². The highest BCUT2D eigenvalue weighted by Gasteiger charge is 2.81. The van der Waals surface area contributed by atoms with E-state index in [0.717, 1.165) is 12.7 Å². The third kappa shape index (κ3) is 4.42. The van der Waals surface area contributed by atoms with Crippen molar-refractivity contribution in [2.24, 2.45) is 0 Å². The molecule has 3 heterocycles. The quantitative estimate of drug-likeness (QED) is 0.228. The molecule has 218 valence electrons. The molecule has 3 aliphatic rings. The van der Waals surface area contributed by atoms with E-state index >= 15 is 0 Å². The van der Waals surface area contributed by atoms with Gasteiger partial charge in [-0.15, -0.1) is 0 Å². The fraction of sp³-hybridized carbons (Fsp3) is 0.448. The van der Waals surface area contributed by atoms with Crippen molar-refractivity contribution in [1.82, 2.24) is 4.90 Å². The minimum absolute atomic E-state index is 0.0687. The van der Waals surface area contributed by atoms with Crippen LogP contribution < -0.4 is 9.64 Å². The monoisotopic (exact) mass is 568 g/mol. The van der Waals surface area contributed by atoms with E-state index in [2.05, 4.69) is 4.74 Å². The predicted molar refractivity (Wildman–Crippen MR) is 143 cm³/mol. The van der Waals surface area contributed by atoms with Crippen LogP contribution in [0.1, 0.15) is 42.3 Å². The van der Waals surface area contributed by atoms with Crippen LogP contribution in [-0.2, 0) is 35.8 Å². The van der Waals surface area contributed by atoms with Crippen LogP contribution in [0.15, 0.2) is 42.5 Å². The predicted octanol–water partition coefficient (Wildman–Crippen LogP) is 2.78. The maximum atomic E-state index is 13.2. The fourth-order valence-electron chi connectivity index (χ4n) is 5.89. The number of nitrogens with zero attached hydrogens (tertiary/aromatic N) is 2. The summed E-state index contributed by atoms with van der Waals surface area (Å²) in [5.41, 5.74) is -3.36. The molecule has 0 aliphatic carbocycles. The number of hydrogen-bond acceptors (Lipinski definition) is 11. The van der Waals surface area contributed by atoms with E-state index in [9.17, 15) is 24.3 Å². The number of carbonyl (C=O) groups is 4. The lowest BCUT2D eigenvalue weighted by atomic mass is 9.73. The second-order valence-electron chi connectivity index (χ2n) is 11.2. The zero-order valence-electron chi connectivity index (χ0n) is 23.4. The topological polar surface area (TPSA) is 141 Å². The number of aldehydes is 1. The van der Waals surface area contributed by atoms with Gasteiger partial charge in [-0.3, -0.25) is 4.90 Å². The SMILES string of the molecule is COC(=O)OC[C@@]1(C=O)c2c(OCc3ccccc3)cc(C(=O)OC)cc2N2C[C@H]3[C@H](N3C(=O)OC(C)(C)C)C21O. The molecule has 0 saturated carbocycles. The van der Waals surface area contributed by atoms with E-state index in [1.165, 1.54) is 24.1 Å². The van der Waals surface area contributed by atoms with Crippen LogP contribution in [0.4, 0.5) is 15.3 Å². The molecule has 1 amide bonds. The Balaban J connectivity index is 1.64. The summed E-state index contributed by atoms with van der Waals surface area (Å²) in [6.07, 6.45) is -1.22. The Morgan fingerprint density at radius 1 is 1.10 bits per heavy atom. The Morgan fingerprint density at radius 2 is 1.80 bits per heavy atom. The van der Waals surface area contributed by atoms with Crippen molar-refractivity contribution in [3.8, 4) is 5.75 Å². The summed E-state index contributed by atoms with van der Waals surface area (Å²) in [5, 5.41) is 12.5. The van der Waals surface area contributed by atoms with Gasteiger partial charge in [-0.25, -0.2) is 14.4 Å². The number of esters is 1. The lowest BCUT2D eigenvalue weighted by Crippen LogP contribution is -2.64. The molecule has 4 atom stereocenters. The Morgan fingerprint density at radius 3 is 2.41 bits per heavy atom. The van der Waals surface area contributed by atoms with Gasteiger partial charge in [0, 0.05) is 17.8 Å². The summed E-state index contributed by atoms with van der Waals surface area (Å²) in [6.45, 7) is 4.72. The van der Waals surface area contributed by atoms with Crippen molar-refractivity contribution in [2.75, 3.05) is 32.3 Å². The third-order valence-electron chi connectivity index (χ3n) is 7.65. The summed E-state index contributed by atoms with van der Waals surface area (Å²) >= 11 is 0. The normalized spacial score (nSPS) is 25.4. The molecule has 2 saturated heterocycles. The first-order valence-electron chi connectivity index (χ1n) is 13.0. The van der Waals surface area contributed by atoms with E-state index in [0.29, 0.717) is 12.0 Å². The minimum Gasteiger partial charge on any atom is -0.488 e. The summed E-state index contributed by atoms with van der Waals surface area (Å²) in [7, 11) is 2.35. The fourth-order valence-corrected chi connectivity index (χ4v) is 5.89. The van der Waals surface area contributed by atoms with Crippen LogP contribution >= 0.6 is 0 Å². The molecule has 0 bridgehead atoms. The smallest absolute Gasteiger partial charge is 0.488 e. The highest BCUT2D eigenvalue weighted by Crippen LogP contribution is 2.63. The van der Waals surface area contributed by atoms with E-state index in [1.807, 2.05) is 30.3 Å². The maximum Gasteiger partial charge on any atom is 0.508 e. The Hall–Kier alpha value is -4.32. The van der Waals surface area contributed by atoms with Crippen molar-refractivity contribution < 1.29 is 48.0 Å². The molecular formula is C29H32N2O10. The number of rotatable bonds is 7. The lowest BCUT2D eigenvalue weighted by molar-refractivity contribution is -0.128. The molecule has 0 spiro atoms. The van der Waals surface area contributed by atoms with E-state index in [4.69, 9.17) is 18.9 Å². The average molecular weight is 569 g/mol. The largest absolute Gasteiger partial charge is 0.508 e. The molecule has 12 nitrogen and oxygen atoms in total. The van der Waals surface area contributed by atoms with Crippen LogP contribution in [0.2, 0.25) is 0 Å². The lowest BCUT2D eigenvalue weighted by Gasteiger charge is -2.41. The molecule has 0 radical (unpaired) electrons. The zero-order valence-corrected chi connectivity index (χ0v) is 23.4. The van der Waals surface area contributed by atoms with Crippen LogP contribution in [0.25, 0.3) is 0 Å². The molecule has 12 heteroatoms. The zero-order chi connectivity index (χ0) is 29.7. The molecule has 1 unspecified atom stereocenters. The number of amides is 1. The summed E-state index contributed by atoms with van der Waals surface area (Å²) < 4.78 is 26.6. The van der Waals surface area contributed by atoms with Crippen molar-refractivity contribution in [3.63, 3.8) is 0 Å². The number of piperazine rings is 1. The number of ether oxygens (including phenoxy) is 5. The van der Waals surface area contributed by atoms with Crippen LogP contribution in [0.3, 0.4) is 0 Å². The van der Waals surface area contributed by atoms with Crippen LogP contribution in [0.5, 0.6) is 5.75 Å². The van der Waals surface area contributed by atoms with Gasteiger partial charge in [-0.1, -0.05) is 30.3 Å². The number of carbonyl (C=O) groups excluding carboxylic acids is 4. The van der Waals surface area contributed by atoms with Crippen molar-refractivity contribution in [3.05, 3.63) is 59.2 Å². The molecule has 5 rings (SSSR count). The number of benzene rings is 2. The van der Waals surface area contributed by atoms with E-state index < -0.39 is 53.6 Å². The highest BCUT2D eigenvalue weighted by atomic mass is 16.7. The second-order valence-corrected chi connectivity index (χ2v) is 11.2. The number of methoxy groups -OCH3 is 2. The number of aliphatic hydroxyl groups is 1. The van der Waals surface area contributed by atoms with Gasteiger partial charge in [0.2, 0.25) is 0 Å². The molecule has 41 heavy (non-hydrogen) atoms. The molecule has 2 fully saturated rings. The molecule has 1 N–H and O–H groups in total. The van der Waals surface area contributed by atoms with Crippen molar-refractivity contribution in [1.29, 1.82) is 0 Å². The first-order chi connectivity index (χ1) is 19.4. The summed E-state index contributed by atoms with van der Waals surface area (Å²) in [6, 6.07) is 10.7. The number of fused-ring (bicyclic) bond motifs is 5. The first-order valence-corrected chi connectivity index (χ1v) is 13.0. The standard InChI is InChI=1S/C29H32N2O10/c1-27(2,3)41-25(34)31-20-13-30-19-11-18(24(33)37-4)12-21(39-14-17-9-7-6-8-10-17)22(19)28(15-32,16-40-26(35)38-5)29(30,36)23(20)31/h6-12,15,20,23,36H,13-14,16H2,1-5H3/t20-,23-,28-,29?,31?/m0/s1.